The maximum absolute atomic E-state index is 12.7. The smallest absolute Gasteiger partial charge is 0.181 e. The molecule has 28 heavy (non-hydrogen) atoms. The number of aromatic nitrogens is 4. The molecule has 0 spiro atoms. The minimum absolute atomic E-state index is 0.526. The van der Waals surface area contributed by atoms with Crippen molar-refractivity contribution in [3.8, 4) is 11.3 Å². The summed E-state index contributed by atoms with van der Waals surface area (Å²) in [6.07, 6.45) is 4.44. The zero-order valence-corrected chi connectivity index (χ0v) is 17.6. The molecule has 1 unspecified atom stereocenters. The number of aryl methyl sites for hydroxylation is 2. The van der Waals surface area contributed by atoms with E-state index in [-0.39, 0.29) is 0 Å². The van der Waals surface area contributed by atoms with Crippen LogP contribution in [-0.2, 0) is 22.6 Å². The van der Waals surface area contributed by atoms with E-state index in [1.54, 1.807) is 18.0 Å². The zero-order chi connectivity index (χ0) is 19.8. The molecule has 1 atom stereocenters. The van der Waals surface area contributed by atoms with Gasteiger partial charge in [-0.2, -0.15) is 5.10 Å². The van der Waals surface area contributed by atoms with E-state index in [0.29, 0.717) is 27.9 Å². The van der Waals surface area contributed by atoms with Crippen LogP contribution in [0.4, 0.5) is 5.69 Å². The molecule has 4 rings (SSSR count). The van der Waals surface area contributed by atoms with E-state index < -0.39 is 10.8 Å². The summed E-state index contributed by atoms with van der Waals surface area (Å²) >= 11 is 1.41. The molecule has 0 aromatic carbocycles. The number of rotatable bonds is 6. The quantitative estimate of drug-likeness (QED) is 0.486. The fourth-order valence-electron chi connectivity index (χ4n) is 3.21. The largest absolute Gasteiger partial charge is 0.396 e. The van der Waals surface area contributed by atoms with Gasteiger partial charge in [0.05, 0.1) is 22.2 Å². The van der Waals surface area contributed by atoms with Gasteiger partial charge in [-0.1, -0.05) is 0 Å². The fraction of sp³-hybridized carbons (Fsp3) is 0.316. The van der Waals surface area contributed by atoms with Crippen molar-refractivity contribution in [1.29, 1.82) is 0 Å². The summed E-state index contributed by atoms with van der Waals surface area (Å²) in [5.41, 5.74) is 10.4. The SMILES string of the molecule is COCCCS(=O)c1sc2nc(-c3cnc4nn(C)cc4c3)cc(C)c2c1N. The van der Waals surface area contributed by atoms with Crippen molar-refractivity contribution in [2.75, 3.05) is 25.2 Å². The average molecular weight is 416 g/mol. The molecule has 0 radical (unpaired) electrons. The summed E-state index contributed by atoms with van der Waals surface area (Å²) in [4.78, 5) is 10.0. The molecule has 2 N–H and O–H groups in total. The van der Waals surface area contributed by atoms with E-state index >= 15 is 0 Å². The number of methoxy groups -OCH3 is 1. The lowest BCUT2D eigenvalue weighted by atomic mass is 10.1. The Bertz CT molecular complexity index is 1200. The number of thiophene rings is 1. The van der Waals surface area contributed by atoms with Crippen LogP contribution in [0.2, 0.25) is 0 Å². The van der Waals surface area contributed by atoms with Crippen LogP contribution in [0.1, 0.15) is 12.0 Å². The second-order valence-electron chi connectivity index (χ2n) is 6.64. The molecule has 4 aromatic heterocycles. The van der Waals surface area contributed by atoms with Gasteiger partial charge in [-0.05, 0) is 31.0 Å². The minimum atomic E-state index is -1.15. The van der Waals surface area contributed by atoms with E-state index in [9.17, 15) is 4.21 Å². The molecule has 9 heteroatoms. The van der Waals surface area contributed by atoms with Gasteiger partial charge < -0.3 is 10.5 Å². The number of hydrogen-bond donors (Lipinski definition) is 1. The van der Waals surface area contributed by atoms with Crippen molar-refractivity contribution >= 4 is 49.1 Å². The molecule has 0 amide bonds. The van der Waals surface area contributed by atoms with Gasteiger partial charge in [0, 0.05) is 55.2 Å². The second-order valence-corrected chi connectivity index (χ2v) is 9.41. The van der Waals surface area contributed by atoms with Crippen LogP contribution in [-0.4, -0.2) is 43.4 Å². The molecule has 4 heterocycles. The highest BCUT2D eigenvalue weighted by atomic mass is 32.2. The van der Waals surface area contributed by atoms with Gasteiger partial charge in [0.1, 0.15) is 9.04 Å². The van der Waals surface area contributed by atoms with Crippen LogP contribution >= 0.6 is 11.3 Å². The van der Waals surface area contributed by atoms with Crippen molar-refractivity contribution in [2.45, 2.75) is 17.6 Å². The Hall–Kier alpha value is -2.36. The highest BCUT2D eigenvalue weighted by molar-refractivity contribution is 7.87. The Morgan fingerprint density at radius 1 is 1.36 bits per heavy atom. The summed E-state index contributed by atoms with van der Waals surface area (Å²) < 4.78 is 20.1. The van der Waals surface area contributed by atoms with E-state index in [0.717, 1.165) is 38.8 Å². The predicted octanol–water partition coefficient (Wildman–Crippen LogP) is 3.28. The normalized spacial score (nSPS) is 12.8. The molecule has 0 saturated carbocycles. The molecule has 7 nitrogen and oxygen atoms in total. The van der Waals surface area contributed by atoms with Crippen LogP contribution in [0.15, 0.2) is 28.7 Å². The third kappa shape index (κ3) is 3.41. The van der Waals surface area contributed by atoms with Crippen LogP contribution in [0.5, 0.6) is 0 Å². The topological polar surface area (TPSA) is 95.9 Å². The number of anilines is 1. The summed E-state index contributed by atoms with van der Waals surface area (Å²) in [7, 11) is 2.36. The first kappa shape index (κ1) is 19.0. The molecule has 0 bridgehead atoms. The van der Waals surface area contributed by atoms with Crippen molar-refractivity contribution < 1.29 is 8.95 Å². The van der Waals surface area contributed by atoms with Gasteiger partial charge in [0.15, 0.2) is 5.65 Å². The van der Waals surface area contributed by atoms with Gasteiger partial charge in [0.2, 0.25) is 0 Å². The first-order valence-electron chi connectivity index (χ1n) is 8.84. The molecule has 0 aliphatic carbocycles. The second kappa shape index (κ2) is 7.57. The van der Waals surface area contributed by atoms with Gasteiger partial charge in [-0.3, -0.25) is 8.89 Å². The Kier molecular flexibility index (Phi) is 5.13. The molecule has 0 fully saturated rings. The third-order valence-electron chi connectivity index (χ3n) is 4.52. The predicted molar refractivity (Wildman–Crippen MR) is 114 cm³/mol. The minimum Gasteiger partial charge on any atom is -0.396 e. The summed E-state index contributed by atoms with van der Waals surface area (Å²) in [6, 6.07) is 4.03. The number of nitrogen functional groups attached to an aromatic ring is 1. The number of pyridine rings is 2. The maximum Gasteiger partial charge on any atom is 0.181 e. The molecule has 0 saturated heterocycles. The Morgan fingerprint density at radius 3 is 2.96 bits per heavy atom. The number of nitrogens with zero attached hydrogens (tertiary/aromatic N) is 4. The highest BCUT2D eigenvalue weighted by Gasteiger charge is 2.19. The molecule has 0 aliphatic rings. The third-order valence-corrected chi connectivity index (χ3v) is 7.51. The van der Waals surface area contributed by atoms with E-state index in [1.165, 1.54) is 11.3 Å². The Morgan fingerprint density at radius 2 is 2.18 bits per heavy atom. The average Bonchev–Trinajstić information content (AvgIpc) is 3.20. The van der Waals surface area contributed by atoms with Gasteiger partial charge >= 0.3 is 0 Å². The number of nitrogens with two attached hydrogens (primary N) is 1. The molecule has 4 aromatic rings. The van der Waals surface area contributed by atoms with Crippen LogP contribution in [0.25, 0.3) is 32.5 Å². The van der Waals surface area contributed by atoms with Gasteiger partial charge in [-0.25, -0.2) is 9.97 Å². The van der Waals surface area contributed by atoms with Crippen LogP contribution in [0.3, 0.4) is 0 Å². The summed E-state index contributed by atoms with van der Waals surface area (Å²) in [5.74, 6) is 0.526. The maximum atomic E-state index is 12.7. The van der Waals surface area contributed by atoms with Crippen molar-refractivity contribution in [3.63, 3.8) is 0 Å². The monoisotopic (exact) mass is 415 g/mol. The lowest BCUT2D eigenvalue weighted by molar-refractivity contribution is 0.200. The fourth-order valence-corrected chi connectivity index (χ4v) is 5.88. The van der Waals surface area contributed by atoms with Gasteiger partial charge in [-0.15, -0.1) is 11.3 Å². The summed E-state index contributed by atoms with van der Waals surface area (Å²) in [6.45, 7) is 2.59. The number of fused-ring (bicyclic) bond motifs is 2. The zero-order valence-electron chi connectivity index (χ0n) is 15.9. The Labute approximate surface area is 169 Å². The molecule has 0 aliphatic heterocycles. The number of hydrogen-bond acceptors (Lipinski definition) is 7. The molecule has 146 valence electrons. The van der Waals surface area contributed by atoms with E-state index in [1.807, 2.05) is 32.3 Å². The van der Waals surface area contributed by atoms with Crippen molar-refractivity contribution in [3.05, 3.63) is 30.1 Å². The number of ether oxygens (including phenoxy) is 1. The lowest BCUT2D eigenvalue weighted by Crippen LogP contribution is -2.02. The van der Waals surface area contributed by atoms with Crippen molar-refractivity contribution in [2.24, 2.45) is 7.05 Å². The lowest BCUT2D eigenvalue weighted by Gasteiger charge is -2.04. The molecular formula is C19H21N5O2S2. The molecular weight excluding hydrogens is 394 g/mol. The summed E-state index contributed by atoms with van der Waals surface area (Å²) in [5, 5.41) is 6.16. The standard InChI is InChI=1S/C19H21N5O2S2/c1-11-7-14(12-8-13-10-24(2)23-17(13)21-9-12)22-18-15(11)16(20)19(27-18)28(25)6-4-5-26-3/h7-10H,4-6,20H2,1-3H3. The van der Waals surface area contributed by atoms with Crippen molar-refractivity contribution in [1.82, 2.24) is 19.7 Å². The van der Waals surface area contributed by atoms with Crippen LogP contribution < -0.4 is 5.73 Å². The first-order chi connectivity index (χ1) is 13.5. The van der Waals surface area contributed by atoms with E-state index in [2.05, 4.69) is 10.1 Å². The highest BCUT2D eigenvalue weighted by Crippen LogP contribution is 2.38. The van der Waals surface area contributed by atoms with Gasteiger partial charge in [0.25, 0.3) is 0 Å². The van der Waals surface area contributed by atoms with E-state index in [4.69, 9.17) is 15.5 Å². The van der Waals surface area contributed by atoms with Crippen LogP contribution in [0, 0.1) is 6.92 Å². The first-order valence-corrected chi connectivity index (χ1v) is 11.0. The Balaban J connectivity index is 1.75.